The number of primary amides is 1. The fraction of sp³-hybridized carbons (Fsp3) is 0.500. The smallest absolute Gasteiger partial charge is 0.341 e. The Morgan fingerprint density at radius 2 is 2.04 bits per heavy atom. The fourth-order valence-corrected chi connectivity index (χ4v) is 3.59. The van der Waals surface area contributed by atoms with Gasteiger partial charge in [-0.05, 0) is 31.9 Å². The van der Waals surface area contributed by atoms with Gasteiger partial charge in [-0.3, -0.25) is 14.9 Å². The van der Waals surface area contributed by atoms with Gasteiger partial charge >= 0.3 is 5.76 Å². The molecule has 1 heterocycles. The number of hydrogen-bond donors (Lipinski definition) is 1. The summed E-state index contributed by atoms with van der Waals surface area (Å²) in [5.41, 5.74) is 4.76. The molecule has 0 bridgehead atoms. The molecule has 138 valence electrons. The molecule has 2 unspecified atom stereocenters. The Labute approximate surface area is 142 Å². The summed E-state index contributed by atoms with van der Waals surface area (Å²) in [4.78, 5) is 22.7. The van der Waals surface area contributed by atoms with Crippen molar-refractivity contribution in [2.75, 3.05) is 11.4 Å². The molecule has 1 aliphatic rings. The molecular weight excluding hydrogens is 360 g/mol. The standard InChI is InChI=1S/C14H17F2N3O5S/c1-8-2-3-9(13(17)20)7-18(8)11-5-4-10(6-12(11)19(21)22)25(23,24)14(15)16/h4-6,8-9,14H,2-3,7H2,1H3,(H2,17,20). The number of piperidine rings is 1. The van der Waals surface area contributed by atoms with Crippen molar-refractivity contribution in [3.63, 3.8) is 0 Å². The van der Waals surface area contributed by atoms with Crippen LogP contribution in [-0.2, 0) is 14.6 Å². The minimum absolute atomic E-state index is 0.0664. The van der Waals surface area contributed by atoms with Crippen LogP contribution >= 0.6 is 0 Å². The number of sulfone groups is 1. The normalized spacial score (nSPS) is 21.4. The molecule has 25 heavy (non-hydrogen) atoms. The van der Waals surface area contributed by atoms with E-state index in [1.807, 2.05) is 0 Å². The molecule has 0 spiro atoms. The third kappa shape index (κ3) is 3.70. The first-order valence-corrected chi connectivity index (χ1v) is 8.96. The number of amides is 1. The van der Waals surface area contributed by atoms with Crippen molar-refractivity contribution >= 4 is 27.1 Å². The molecule has 2 N–H and O–H groups in total. The first kappa shape index (κ1) is 19.0. The summed E-state index contributed by atoms with van der Waals surface area (Å²) in [7, 11) is -4.95. The lowest BCUT2D eigenvalue weighted by atomic mass is 9.92. The van der Waals surface area contributed by atoms with E-state index >= 15 is 0 Å². The van der Waals surface area contributed by atoms with Gasteiger partial charge in [-0.2, -0.15) is 8.78 Å². The monoisotopic (exact) mass is 377 g/mol. The van der Waals surface area contributed by atoms with Crippen LogP contribution in [0.3, 0.4) is 0 Å². The SMILES string of the molecule is CC1CCC(C(N)=O)CN1c1ccc(S(=O)(=O)C(F)F)cc1[N+](=O)[O-]. The molecule has 1 amide bonds. The van der Waals surface area contributed by atoms with Crippen molar-refractivity contribution in [3.8, 4) is 0 Å². The number of anilines is 1. The lowest BCUT2D eigenvalue weighted by Gasteiger charge is -2.38. The summed E-state index contributed by atoms with van der Waals surface area (Å²) in [6.45, 7) is 1.93. The van der Waals surface area contributed by atoms with Crippen molar-refractivity contribution in [3.05, 3.63) is 28.3 Å². The zero-order chi connectivity index (χ0) is 18.9. The van der Waals surface area contributed by atoms with Crippen molar-refractivity contribution < 1.29 is 26.9 Å². The molecule has 8 nitrogen and oxygen atoms in total. The summed E-state index contributed by atoms with van der Waals surface area (Å²) in [6.07, 6.45) is 1.10. The summed E-state index contributed by atoms with van der Waals surface area (Å²) < 4.78 is 48.4. The molecule has 0 radical (unpaired) electrons. The topological polar surface area (TPSA) is 124 Å². The van der Waals surface area contributed by atoms with Crippen molar-refractivity contribution in [2.24, 2.45) is 11.7 Å². The Kier molecular flexibility index (Phi) is 5.26. The summed E-state index contributed by atoms with van der Waals surface area (Å²) in [6, 6.07) is 2.49. The maximum absolute atomic E-state index is 12.7. The van der Waals surface area contributed by atoms with E-state index in [1.165, 1.54) is 0 Å². The highest BCUT2D eigenvalue weighted by atomic mass is 32.2. The van der Waals surface area contributed by atoms with Crippen LogP contribution in [0.15, 0.2) is 23.1 Å². The van der Waals surface area contributed by atoms with Crippen LogP contribution in [0.5, 0.6) is 0 Å². The van der Waals surface area contributed by atoms with Gasteiger partial charge < -0.3 is 10.6 Å². The van der Waals surface area contributed by atoms with Crippen LogP contribution in [0.25, 0.3) is 0 Å². The van der Waals surface area contributed by atoms with Gasteiger partial charge in [0.25, 0.3) is 5.69 Å². The Morgan fingerprint density at radius 1 is 1.40 bits per heavy atom. The third-order valence-corrected chi connectivity index (χ3v) is 5.68. The fourth-order valence-electron chi connectivity index (χ4n) is 2.85. The number of nitro groups is 1. The minimum atomic E-state index is -4.95. The Bertz CT molecular complexity index is 800. The van der Waals surface area contributed by atoms with Gasteiger partial charge in [-0.1, -0.05) is 0 Å². The Morgan fingerprint density at radius 3 is 2.56 bits per heavy atom. The van der Waals surface area contributed by atoms with Gasteiger partial charge in [0.05, 0.1) is 15.7 Å². The summed E-state index contributed by atoms with van der Waals surface area (Å²) in [5, 5.41) is 11.3. The molecule has 2 rings (SSSR count). The lowest BCUT2D eigenvalue weighted by Crippen LogP contribution is -2.46. The molecule has 1 aromatic carbocycles. The van der Waals surface area contributed by atoms with E-state index in [4.69, 9.17) is 5.73 Å². The van der Waals surface area contributed by atoms with Crippen LogP contribution in [-0.4, -0.2) is 37.6 Å². The summed E-state index contributed by atoms with van der Waals surface area (Å²) >= 11 is 0. The molecule has 0 aliphatic carbocycles. The predicted molar refractivity (Wildman–Crippen MR) is 85.0 cm³/mol. The van der Waals surface area contributed by atoms with E-state index in [9.17, 15) is 32.1 Å². The first-order valence-electron chi connectivity index (χ1n) is 7.42. The van der Waals surface area contributed by atoms with Crippen LogP contribution in [0.1, 0.15) is 19.8 Å². The number of carbonyl (C=O) groups is 1. The number of nitro benzene ring substituents is 1. The second-order valence-corrected chi connectivity index (χ2v) is 7.81. The maximum atomic E-state index is 12.7. The molecule has 0 aromatic heterocycles. The number of alkyl halides is 2. The number of nitrogens with two attached hydrogens (primary N) is 1. The first-order chi connectivity index (χ1) is 11.6. The molecule has 1 saturated heterocycles. The van der Waals surface area contributed by atoms with Gasteiger partial charge in [0, 0.05) is 18.7 Å². The number of halogens is 2. The molecule has 1 aromatic rings. The van der Waals surface area contributed by atoms with E-state index in [0.717, 1.165) is 12.1 Å². The lowest BCUT2D eigenvalue weighted by molar-refractivity contribution is -0.384. The zero-order valence-electron chi connectivity index (χ0n) is 13.3. The molecule has 1 aliphatic heterocycles. The van der Waals surface area contributed by atoms with Crippen molar-refractivity contribution in [1.29, 1.82) is 0 Å². The molecule has 0 saturated carbocycles. The zero-order valence-corrected chi connectivity index (χ0v) is 14.1. The van der Waals surface area contributed by atoms with Gasteiger partial charge in [-0.15, -0.1) is 0 Å². The van der Waals surface area contributed by atoms with Crippen molar-refractivity contribution in [2.45, 2.75) is 36.5 Å². The van der Waals surface area contributed by atoms with Crippen LogP contribution < -0.4 is 10.6 Å². The van der Waals surface area contributed by atoms with Crippen molar-refractivity contribution in [1.82, 2.24) is 0 Å². The maximum Gasteiger partial charge on any atom is 0.341 e. The summed E-state index contributed by atoms with van der Waals surface area (Å²) in [5.74, 6) is -4.71. The molecule has 2 atom stereocenters. The molecule has 11 heteroatoms. The average molecular weight is 377 g/mol. The highest BCUT2D eigenvalue weighted by Crippen LogP contribution is 2.36. The van der Waals surface area contributed by atoms with Crippen LogP contribution in [0.4, 0.5) is 20.2 Å². The van der Waals surface area contributed by atoms with Crippen LogP contribution in [0, 0.1) is 16.0 Å². The average Bonchev–Trinajstić information content (AvgIpc) is 2.54. The minimum Gasteiger partial charge on any atom is -0.369 e. The Balaban J connectivity index is 2.51. The highest BCUT2D eigenvalue weighted by molar-refractivity contribution is 7.91. The predicted octanol–water partition coefficient (Wildman–Crippen LogP) is 1.68. The number of benzene rings is 1. The van der Waals surface area contributed by atoms with Gasteiger partial charge in [-0.25, -0.2) is 8.42 Å². The van der Waals surface area contributed by atoms with E-state index < -0.39 is 42.9 Å². The van der Waals surface area contributed by atoms with Gasteiger partial charge in [0.15, 0.2) is 0 Å². The van der Waals surface area contributed by atoms with Gasteiger partial charge in [0.1, 0.15) is 5.69 Å². The number of carbonyl (C=O) groups excluding carboxylic acids is 1. The third-order valence-electron chi connectivity index (χ3n) is 4.30. The molecular formula is C14H17F2N3O5S. The second kappa shape index (κ2) is 6.90. The second-order valence-electron chi connectivity index (χ2n) is 5.89. The number of rotatable bonds is 5. The van der Waals surface area contributed by atoms with E-state index in [1.54, 1.807) is 11.8 Å². The quantitative estimate of drug-likeness (QED) is 0.615. The number of hydrogen-bond acceptors (Lipinski definition) is 6. The largest absolute Gasteiger partial charge is 0.369 e. The molecule has 1 fully saturated rings. The number of nitrogens with zero attached hydrogens (tertiary/aromatic N) is 2. The van der Waals surface area contributed by atoms with E-state index in [0.29, 0.717) is 18.9 Å². The van der Waals surface area contributed by atoms with E-state index in [-0.39, 0.29) is 18.3 Å². The van der Waals surface area contributed by atoms with Gasteiger partial charge in [0.2, 0.25) is 15.7 Å². The van der Waals surface area contributed by atoms with E-state index in [2.05, 4.69) is 0 Å². The highest BCUT2D eigenvalue weighted by Gasteiger charge is 2.34. The van der Waals surface area contributed by atoms with Crippen LogP contribution in [0.2, 0.25) is 0 Å². The Hall–Kier alpha value is -2.30.